The summed E-state index contributed by atoms with van der Waals surface area (Å²) in [7, 11) is 1.54. The van der Waals surface area contributed by atoms with Gasteiger partial charge in [0.05, 0.1) is 13.2 Å². The van der Waals surface area contributed by atoms with Crippen LogP contribution in [0.1, 0.15) is 19.3 Å². The first-order valence-electron chi connectivity index (χ1n) is 12.2. The first kappa shape index (κ1) is 23.2. The van der Waals surface area contributed by atoms with Crippen molar-refractivity contribution in [1.82, 2.24) is 19.9 Å². The number of aromatic nitrogens is 3. The van der Waals surface area contributed by atoms with Crippen LogP contribution in [0.2, 0.25) is 0 Å². The summed E-state index contributed by atoms with van der Waals surface area (Å²) in [5.41, 5.74) is 0.454. The van der Waals surface area contributed by atoms with Gasteiger partial charge in [-0.05, 0) is 37.1 Å². The van der Waals surface area contributed by atoms with E-state index in [1.54, 1.807) is 46.9 Å². The van der Waals surface area contributed by atoms with Crippen molar-refractivity contribution in [1.29, 1.82) is 0 Å². The summed E-state index contributed by atoms with van der Waals surface area (Å²) in [6.07, 6.45) is 1.47. The van der Waals surface area contributed by atoms with Gasteiger partial charge in [-0.3, -0.25) is 19.1 Å². The van der Waals surface area contributed by atoms with Gasteiger partial charge in [-0.1, -0.05) is 0 Å². The first-order chi connectivity index (χ1) is 18.0. The van der Waals surface area contributed by atoms with Crippen molar-refractivity contribution in [3.8, 4) is 11.6 Å². The Kier molecular flexibility index (Phi) is 5.87. The van der Waals surface area contributed by atoms with Gasteiger partial charge in [0.15, 0.2) is 18.2 Å². The van der Waals surface area contributed by atoms with Gasteiger partial charge in [0.25, 0.3) is 11.5 Å². The fourth-order valence-corrected chi connectivity index (χ4v) is 5.25. The number of amides is 2. The molecule has 1 aliphatic carbocycles. The third kappa shape index (κ3) is 4.33. The zero-order valence-electron chi connectivity index (χ0n) is 20.2. The predicted octanol–water partition coefficient (Wildman–Crippen LogP) is 1.67. The smallest absolute Gasteiger partial charge is 0.416 e. The first-order valence-corrected chi connectivity index (χ1v) is 12.2. The van der Waals surface area contributed by atoms with Crippen LogP contribution in [-0.4, -0.2) is 65.0 Å². The molecule has 2 fully saturated rings. The van der Waals surface area contributed by atoms with Crippen LogP contribution in [0.15, 0.2) is 41.2 Å². The van der Waals surface area contributed by atoms with Crippen LogP contribution in [0.4, 0.5) is 16.4 Å². The third-order valence-electron chi connectivity index (χ3n) is 7.03. The number of pyridine rings is 3. The van der Waals surface area contributed by atoms with Crippen LogP contribution >= 0.6 is 0 Å². The van der Waals surface area contributed by atoms with Crippen molar-refractivity contribution >= 4 is 34.7 Å². The number of fused-ring (bicyclic) bond motifs is 3. The number of methoxy groups -OCH3 is 1. The van der Waals surface area contributed by atoms with Crippen molar-refractivity contribution in [2.75, 3.05) is 30.5 Å². The number of hydrogen-bond donors (Lipinski definition) is 2. The minimum atomic E-state index is -0.450. The Bertz CT molecular complexity index is 1440. The Morgan fingerprint density at radius 2 is 1.97 bits per heavy atom. The highest BCUT2D eigenvalue weighted by molar-refractivity contribution is 5.95. The second kappa shape index (κ2) is 9.36. The van der Waals surface area contributed by atoms with E-state index in [2.05, 4.69) is 20.6 Å². The van der Waals surface area contributed by atoms with E-state index in [9.17, 15) is 14.4 Å². The second-order valence-electron chi connectivity index (χ2n) is 9.27. The van der Waals surface area contributed by atoms with E-state index in [-0.39, 0.29) is 36.3 Å². The molecule has 0 bridgehead atoms. The van der Waals surface area contributed by atoms with Crippen LogP contribution < -0.4 is 30.6 Å². The zero-order valence-corrected chi connectivity index (χ0v) is 20.2. The Morgan fingerprint density at radius 1 is 1.11 bits per heavy atom. The SMILES string of the molecule is COc1ccc2ccc(=O)n(CCN[C@H]3CC[C@H]4[C@H](C3)OC(=O)N4c3ccc4c(n3)NC(=O)CO4)c2n1. The lowest BCUT2D eigenvalue weighted by Crippen LogP contribution is -2.46. The maximum atomic E-state index is 12.8. The normalized spacial score (nSPS) is 22.6. The van der Waals surface area contributed by atoms with Gasteiger partial charge >= 0.3 is 6.09 Å². The standard InChI is InChI=1S/C25H26N6O6/c1-35-21-8-2-14-3-9-22(33)30(24(14)29-21)11-10-26-15-4-5-16-18(12-15)37-25(34)31(16)19-7-6-17-23(27-19)28-20(32)13-36-17/h2-3,6-9,15-16,18,26H,4-5,10-13H2,1H3,(H,27,28,32)/t15-,16-,18-/m0/s1. The fraction of sp³-hybridized carbons (Fsp3) is 0.400. The molecule has 12 nitrogen and oxygen atoms in total. The van der Waals surface area contributed by atoms with Crippen molar-refractivity contribution < 1.29 is 23.8 Å². The Hall–Kier alpha value is -4.19. The molecule has 3 aromatic heterocycles. The van der Waals surface area contributed by atoms with Gasteiger partial charge in [0, 0.05) is 43.1 Å². The van der Waals surface area contributed by atoms with Crippen LogP contribution in [0.5, 0.6) is 11.6 Å². The number of anilines is 2. The van der Waals surface area contributed by atoms with E-state index in [1.165, 1.54) is 0 Å². The highest BCUT2D eigenvalue weighted by Gasteiger charge is 2.46. The molecule has 1 saturated carbocycles. The summed E-state index contributed by atoms with van der Waals surface area (Å²) in [5, 5.41) is 7.05. The molecule has 192 valence electrons. The van der Waals surface area contributed by atoms with Gasteiger partial charge in [0.2, 0.25) is 5.88 Å². The van der Waals surface area contributed by atoms with E-state index in [4.69, 9.17) is 14.2 Å². The van der Waals surface area contributed by atoms with E-state index in [0.29, 0.717) is 48.4 Å². The van der Waals surface area contributed by atoms with Crippen molar-refractivity contribution in [3.05, 3.63) is 46.8 Å². The number of hydrogen-bond acceptors (Lipinski definition) is 9. The molecule has 37 heavy (non-hydrogen) atoms. The highest BCUT2D eigenvalue weighted by Crippen LogP contribution is 2.37. The molecule has 0 unspecified atom stereocenters. The number of rotatable bonds is 6. The molecular weight excluding hydrogens is 480 g/mol. The lowest BCUT2D eigenvalue weighted by atomic mass is 9.88. The molecule has 2 aliphatic heterocycles. The minimum absolute atomic E-state index is 0.0568. The van der Waals surface area contributed by atoms with E-state index in [0.717, 1.165) is 18.2 Å². The van der Waals surface area contributed by atoms with Crippen LogP contribution in [0.3, 0.4) is 0 Å². The molecule has 0 radical (unpaired) electrons. The zero-order chi connectivity index (χ0) is 25.5. The maximum absolute atomic E-state index is 12.8. The molecule has 3 aromatic rings. The number of nitrogens with one attached hydrogen (secondary N) is 2. The summed E-state index contributed by atoms with van der Waals surface area (Å²) < 4.78 is 17.9. The van der Waals surface area contributed by atoms with E-state index in [1.807, 2.05) is 6.07 Å². The summed E-state index contributed by atoms with van der Waals surface area (Å²) in [5.74, 6) is 1.36. The molecule has 1 saturated heterocycles. The minimum Gasteiger partial charge on any atom is -0.481 e. The topological polar surface area (TPSA) is 137 Å². The maximum Gasteiger partial charge on any atom is 0.416 e. The fourth-order valence-electron chi connectivity index (χ4n) is 5.25. The van der Waals surface area contributed by atoms with Gasteiger partial charge in [-0.2, -0.15) is 4.98 Å². The molecule has 12 heteroatoms. The van der Waals surface area contributed by atoms with Crippen LogP contribution in [0.25, 0.3) is 11.0 Å². The molecular formula is C25H26N6O6. The number of carbonyl (C=O) groups is 2. The lowest BCUT2D eigenvalue weighted by molar-refractivity contribution is -0.118. The molecule has 0 aromatic carbocycles. The predicted molar refractivity (Wildman–Crippen MR) is 133 cm³/mol. The van der Waals surface area contributed by atoms with Gasteiger partial charge in [0.1, 0.15) is 17.6 Å². The molecule has 2 amide bonds. The third-order valence-corrected chi connectivity index (χ3v) is 7.03. The Balaban J connectivity index is 1.11. The monoisotopic (exact) mass is 506 g/mol. The number of carbonyl (C=O) groups excluding carboxylic acids is 2. The number of ether oxygens (including phenoxy) is 3. The molecule has 3 aliphatic rings. The molecule has 3 atom stereocenters. The Labute approximate surface area is 211 Å². The summed E-state index contributed by atoms with van der Waals surface area (Å²) in [6.45, 7) is 0.947. The Morgan fingerprint density at radius 3 is 2.84 bits per heavy atom. The van der Waals surface area contributed by atoms with Crippen molar-refractivity contribution in [2.24, 2.45) is 0 Å². The van der Waals surface area contributed by atoms with Crippen LogP contribution in [-0.2, 0) is 16.1 Å². The second-order valence-corrected chi connectivity index (χ2v) is 9.27. The molecule has 6 rings (SSSR count). The summed E-state index contributed by atoms with van der Waals surface area (Å²) >= 11 is 0. The number of nitrogens with zero attached hydrogens (tertiary/aromatic N) is 4. The van der Waals surface area contributed by atoms with Gasteiger partial charge in [-0.15, -0.1) is 0 Å². The lowest BCUT2D eigenvalue weighted by Gasteiger charge is -2.33. The average molecular weight is 507 g/mol. The quantitative estimate of drug-likeness (QED) is 0.511. The van der Waals surface area contributed by atoms with Gasteiger partial charge < -0.3 is 24.8 Å². The summed E-state index contributed by atoms with van der Waals surface area (Å²) in [6, 6.07) is 10.3. The highest BCUT2D eigenvalue weighted by atomic mass is 16.6. The molecule has 0 spiro atoms. The largest absolute Gasteiger partial charge is 0.481 e. The van der Waals surface area contributed by atoms with Crippen molar-refractivity contribution in [2.45, 2.75) is 44.0 Å². The molecule has 5 heterocycles. The summed E-state index contributed by atoms with van der Waals surface area (Å²) in [4.78, 5) is 47.4. The van der Waals surface area contributed by atoms with Crippen molar-refractivity contribution in [3.63, 3.8) is 0 Å². The van der Waals surface area contributed by atoms with Crippen LogP contribution in [0, 0.1) is 0 Å². The van der Waals surface area contributed by atoms with E-state index >= 15 is 0 Å². The average Bonchev–Trinajstić information content (AvgIpc) is 3.24. The molecule has 2 N–H and O–H groups in total. The van der Waals surface area contributed by atoms with Gasteiger partial charge in [-0.25, -0.2) is 9.78 Å². The van der Waals surface area contributed by atoms with E-state index < -0.39 is 6.09 Å².